The summed E-state index contributed by atoms with van der Waals surface area (Å²) in [5, 5.41) is 0. The van der Waals surface area contributed by atoms with Crippen LogP contribution in [0.25, 0.3) is 11.1 Å². The van der Waals surface area contributed by atoms with E-state index >= 15 is 0 Å². The molecule has 216 valence electrons. The van der Waals surface area contributed by atoms with Gasteiger partial charge in [-0.05, 0) is 32.5 Å². The highest BCUT2D eigenvalue weighted by Crippen LogP contribution is 2.49. The summed E-state index contributed by atoms with van der Waals surface area (Å²) in [5.74, 6) is -1.76. The number of pyridine rings is 1. The maximum absolute atomic E-state index is 13.7. The Hall–Kier alpha value is -4.64. The van der Waals surface area contributed by atoms with Crippen molar-refractivity contribution in [3.05, 3.63) is 70.0 Å². The minimum atomic E-state index is -0.769. The topological polar surface area (TPSA) is 123 Å². The fourth-order valence-electron chi connectivity index (χ4n) is 4.75. The standard InChI is InChI=1S/C30H32N2O9/c1-17-22(28(33)37-5)24(20-14-21(36-4)26-27(41-16-40-26)25(20)29(34)38-6)23(18(2)31-17)30(35)39-13-12-32(3)15-19-10-8-7-9-11-19/h7-11,14H,12-13,15-16H2,1-6H3. The second-order valence-corrected chi connectivity index (χ2v) is 9.32. The number of fused-ring (bicyclic) bond motifs is 1. The average Bonchev–Trinajstić information content (AvgIpc) is 3.45. The molecule has 41 heavy (non-hydrogen) atoms. The number of esters is 3. The van der Waals surface area contributed by atoms with Crippen LogP contribution in [0.5, 0.6) is 17.2 Å². The van der Waals surface area contributed by atoms with Crippen molar-refractivity contribution in [2.45, 2.75) is 20.4 Å². The number of carbonyl (C=O) groups is 3. The lowest BCUT2D eigenvalue weighted by atomic mass is 9.88. The van der Waals surface area contributed by atoms with Crippen molar-refractivity contribution >= 4 is 17.9 Å². The highest BCUT2D eigenvalue weighted by atomic mass is 16.7. The van der Waals surface area contributed by atoms with E-state index in [1.807, 2.05) is 42.3 Å². The van der Waals surface area contributed by atoms with Gasteiger partial charge in [0.15, 0.2) is 11.5 Å². The molecule has 11 heteroatoms. The van der Waals surface area contributed by atoms with Gasteiger partial charge in [0, 0.05) is 24.2 Å². The zero-order valence-corrected chi connectivity index (χ0v) is 23.9. The molecule has 0 fully saturated rings. The average molecular weight is 565 g/mol. The molecule has 0 aliphatic carbocycles. The molecule has 4 rings (SSSR count). The molecule has 0 saturated heterocycles. The van der Waals surface area contributed by atoms with Gasteiger partial charge in [-0.3, -0.25) is 9.88 Å². The molecule has 1 aliphatic heterocycles. The second kappa shape index (κ2) is 12.7. The predicted octanol–water partition coefficient (Wildman–Crippen LogP) is 3.96. The van der Waals surface area contributed by atoms with Crippen LogP contribution < -0.4 is 14.2 Å². The fourth-order valence-corrected chi connectivity index (χ4v) is 4.75. The first-order chi connectivity index (χ1) is 19.7. The summed E-state index contributed by atoms with van der Waals surface area (Å²) >= 11 is 0. The van der Waals surface area contributed by atoms with Crippen LogP contribution in [-0.2, 0) is 20.8 Å². The third-order valence-electron chi connectivity index (χ3n) is 6.64. The number of hydrogen-bond donors (Lipinski definition) is 0. The third-order valence-corrected chi connectivity index (χ3v) is 6.64. The number of ether oxygens (including phenoxy) is 6. The van der Waals surface area contributed by atoms with Gasteiger partial charge in [0.2, 0.25) is 12.5 Å². The Morgan fingerprint density at radius 2 is 1.49 bits per heavy atom. The highest BCUT2D eigenvalue weighted by molar-refractivity contribution is 6.12. The maximum Gasteiger partial charge on any atom is 0.342 e. The Bertz CT molecular complexity index is 1470. The van der Waals surface area contributed by atoms with Gasteiger partial charge in [-0.15, -0.1) is 0 Å². The van der Waals surface area contributed by atoms with Gasteiger partial charge in [0.05, 0.1) is 43.8 Å². The summed E-state index contributed by atoms with van der Waals surface area (Å²) in [6.07, 6.45) is 0. The molecule has 0 spiro atoms. The van der Waals surface area contributed by atoms with Gasteiger partial charge in [-0.2, -0.15) is 0 Å². The van der Waals surface area contributed by atoms with Gasteiger partial charge >= 0.3 is 17.9 Å². The minimum absolute atomic E-state index is 0.00668. The Balaban J connectivity index is 1.81. The first-order valence-corrected chi connectivity index (χ1v) is 12.8. The van der Waals surface area contributed by atoms with Gasteiger partial charge in [-0.1, -0.05) is 30.3 Å². The minimum Gasteiger partial charge on any atom is -0.493 e. The highest BCUT2D eigenvalue weighted by Gasteiger charge is 2.36. The van der Waals surface area contributed by atoms with Gasteiger partial charge in [0.1, 0.15) is 12.2 Å². The Morgan fingerprint density at radius 3 is 2.12 bits per heavy atom. The summed E-state index contributed by atoms with van der Waals surface area (Å²) in [7, 11) is 5.77. The van der Waals surface area contributed by atoms with Gasteiger partial charge in [0.25, 0.3) is 0 Å². The van der Waals surface area contributed by atoms with Gasteiger partial charge in [-0.25, -0.2) is 14.4 Å². The van der Waals surface area contributed by atoms with Crippen molar-refractivity contribution in [2.24, 2.45) is 0 Å². The summed E-state index contributed by atoms with van der Waals surface area (Å²) in [4.78, 5) is 46.4. The molecule has 0 atom stereocenters. The number of carbonyl (C=O) groups excluding carboxylic acids is 3. The molecule has 0 saturated carbocycles. The van der Waals surface area contributed by atoms with E-state index in [0.29, 0.717) is 18.8 Å². The van der Waals surface area contributed by atoms with E-state index in [0.717, 1.165) is 5.56 Å². The van der Waals surface area contributed by atoms with Crippen molar-refractivity contribution in [3.8, 4) is 28.4 Å². The van der Waals surface area contributed by atoms with Crippen molar-refractivity contribution in [2.75, 3.05) is 48.3 Å². The van der Waals surface area contributed by atoms with Crippen LogP contribution in [0.1, 0.15) is 48.0 Å². The first-order valence-electron chi connectivity index (χ1n) is 12.8. The van der Waals surface area contributed by atoms with Gasteiger partial charge < -0.3 is 28.4 Å². The molecule has 0 N–H and O–H groups in total. The number of hydrogen-bond acceptors (Lipinski definition) is 11. The van der Waals surface area contributed by atoms with E-state index in [2.05, 4.69) is 4.98 Å². The Kier molecular flexibility index (Phi) is 9.08. The summed E-state index contributed by atoms with van der Waals surface area (Å²) < 4.78 is 32.5. The van der Waals surface area contributed by atoms with Crippen molar-refractivity contribution in [3.63, 3.8) is 0 Å². The Labute approximate surface area is 237 Å². The Morgan fingerprint density at radius 1 is 0.878 bits per heavy atom. The number of rotatable bonds is 10. The zero-order chi connectivity index (χ0) is 29.7. The molecule has 3 aromatic rings. The van der Waals surface area contributed by atoms with E-state index in [4.69, 9.17) is 28.4 Å². The smallest absolute Gasteiger partial charge is 0.342 e. The number of aryl methyl sites for hydroxylation is 2. The molecular formula is C30H32N2O9. The maximum atomic E-state index is 13.7. The summed E-state index contributed by atoms with van der Waals surface area (Å²) in [5.41, 5.74) is 1.85. The van der Waals surface area contributed by atoms with Crippen LogP contribution in [0, 0.1) is 13.8 Å². The molecule has 2 heterocycles. The lowest BCUT2D eigenvalue weighted by molar-refractivity contribution is 0.0469. The molecule has 0 radical (unpaired) electrons. The van der Waals surface area contributed by atoms with Crippen molar-refractivity contribution < 1.29 is 42.8 Å². The van der Waals surface area contributed by atoms with Crippen LogP contribution in [0.4, 0.5) is 0 Å². The third kappa shape index (κ3) is 5.94. The summed E-state index contributed by atoms with van der Waals surface area (Å²) in [6, 6.07) is 11.4. The number of likely N-dealkylation sites (N-methyl/N-ethyl adjacent to an activating group) is 1. The lowest BCUT2D eigenvalue weighted by Crippen LogP contribution is -2.25. The van der Waals surface area contributed by atoms with E-state index < -0.39 is 17.9 Å². The molecule has 11 nitrogen and oxygen atoms in total. The number of methoxy groups -OCH3 is 3. The fraction of sp³-hybridized carbons (Fsp3) is 0.333. The van der Waals surface area contributed by atoms with Crippen LogP contribution in [0.2, 0.25) is 0 Å². The number of nitrogens with zero attached hydrogens (tertiary/aromatic N) is 2. The predicted molar refractivity (Wildman–Crippen MR) is 148 cm³/mol. The molecule has 1 aromatic heterocycles. The number of aromatic nitrogens is 1. The van der Waals surface area contributed by atoms with E-state index in [-0.39, 0.29) is 64.2 Å². The quantitative estimate of drug-likeness (QED) is 0.263. The van der Waals surface area contributed by atoms with Crippen molar-refractivity contribution in [1.82, 2.24) is 9.88 Å². The second-order valence-electron chi connectivity index (χ2n) is 9.32. The molecular weight excluding hydrogens is 532 g/mol. The van der Waals surface area contributed by atoms with E-state index in [1.54, 1.807) is 13.8 Å². The van der Waals surface area contributed by atoms with Crippen molar-refractivity contribution in [1.29, 1.82) is 0 Å². The largest absolute Gasteiger partial charge is 0.493 e. The molecule has 2 aromatic carbocycles. The molecule has 0 bridgehead atoms. The molecule has 0 amide bonds. The zero-order valence-electron chi connectivity index (χ0n) is 23.9. The monoisotopic (exact) mass is 564 g/mol. The molecule has 0 unspecified atom stereocenters. The van der Waals surface area contributed by atoms with Crippen LogP contribution in [0.3, 0.4) is 0 Å². The molecule has 1 aliphatic rings. The number of benzene rings is 2. The van der Waals surface area contributed by atoms with Crippen LogP contribution in [-0.4, -0.2) is 76.1 Å². The van der Waals surface area contributed by atoms with Crippen LogP contribution in [0.15, 0.2) is 36.4 Å². The SMILES string of the molecule is COC(=O)c1c(-c2c(C(=O)OC)c(C)nc(C)c2C(=O)OCCN(C)Cc2ccccc2)cc(OC)c2c1OCO2. The van der Waals surface area contributed by atoms with E-state index in [1.165, 1.54) is 27.4 Å². The normalized spacial score (nSPS) is 11.8. The lowest BCUT2D eigenvalue weighted by Gasteiger charge is -2.21. The summed E-state index contributed by atoms with van der Waals surface area (Å²) in [6.45, 7) is 4.25. The first kappa shape index (κ1) is 29.3. The van der Waals surface area contributed by atoms with Crippen LogP contribution >= 0.6 is 0 Å². The van der Waals surface area contributed by atoms with E-state index in [9.17, 15) is 14.4 Å².